The van der Waals surface area contributed by atoms with E-state index in [9.17, 15) is 4.79 Å². The molecule has 0 amide bonds. The molecule has 1 saturated heterocycles. The standard InChI is InChI=1S/C20H26Cl2O4Te/c1-4-6-7-18(20(23)25-5-2)19-13-10-16(26-19)14-27(21,22)17-11-8-15(24-3)9-12-17/h4,6,8-9,11-12,16H,5,7,10,13-14H2,1-3H3/b6-4+,19-18+. The molecule has 27 heavy (non-hydrogen) atoms. The van der Waals surface area contributed by atoms with Crippen LogP contribution in [0.15, 0.2) is 47.7 Å². The summed E-state index contributed by atoms with van der Waals surface area (Å²) in [5.41, 5.74) is 0.587. The van der Waals surface area contributed by atoms with Crippen LogP contribution in [0.2, 0.25) is 4.47 Å². The molecule has 1 fully saturated rings. The first-order valence-electron chi connectivity index (χ1n) is 8.92. The molecule has 1 aromatic carbocycles. The molecule has 1 aromatic rings. The number of hydrogen-bond donors (Lipinski definition) is 0. The Morgan fingerprint density at radius 3 is 2.63 bits per heavy atom. The van der Waals surface area contributed by atoms with E-state index >= 15 is 0 Å². The molecular formula is C20H26Cl2O4Te. The molecule has 0 N–H and O–H groups in total. The number of allylic oxidation sites excluding steroid dienone is 3. The van der Waals surface area contributed by atoms with E-state index in [0.29, 0.717) is 35.2 Å². The molecule has 1 aliphatic heterocycles. The van der Waals surface area contributed by atoms with Crippen LogP contribution in [0.5, 0.6) is 5.75 Å². The Bertz CT molecular complexity index is 698. The van der Waals surface area contributed by atoms with Crippen molar-refractivity contribution in [2.75, 3.05) is 13.7 Å². The summed E-state index contributed by atoms with van der Waals surface area (Å²) in [5, 5.41) is 0. The van der Waals surface area contributed by atoms with Gasteiger partial charge in [-0.1, -0.05) is 0 Å². The molecule has 4 nitrogen and oxygen atoms in total. The van der Waals surface area contributed by atoms with Gasteiger partial charge in [-0.2, -0.15) is 0 Å². The van der Waals surface area contributed by atoms with Crippen LogP contribution in [-0.2, 0) is 14.3 Å². The van der Waals surface area contributed by atoms with Crippen molar-refractivity contribution in [3.8, 4) is 5.75 Å². The Labute approximate surface area is 172 Å². The van der Waals surface area contributed by atoms with Crippen molar-refractivity contribution in [2.45, 2.75) is 43.7 Å². The third kappa shape index (κ3) is 6.32. The Balaban J connectivity index is 2.11. The molecule has 0 aliphatic carbocycles. The number of esters is 1. The zero-order valence-corrected chi connectivity index (χ0v) is 19.7. The summed E-state index contributed by atoms with van der Waals surface area (Å²) in [7, 11) is 15.2. The number of halogens is 2. The minimum absolute atomic E-state index is 0.0756. The van der Waals surface area contributed by atoms with Crippen LogP contribution in [-0.4, -0.2) is 41.7 Å². The maximum atomic E-state index is 12.3. The van der Waals surface area contributed by atoms with Gasteiger partial charge in [0.1, 0.15) is 0 Å². The van der Waals surface area contributed by atoms with E-state index in [-0.39, 0.29) is 12.1 Å². The van der Waals surface area contributed by atoms with Gasteiger partial charge in [-0.05, 0) is 0 Å². The summed E-state index contributed by atoms with van der Waals surface area (Å²) in [6.45, 7) is 4.06. The maximum absolute atomic E-state index is 12.3. The summed E-state index contributed by atoms with van der Waals surface area (Å²) in [6.07, 6.45) is 5.77. The predicted octanol–water partition coefficient (Wildman–Crippen LogP) is 4.78. The van der Waals surface area contributed by atoms with Gasteiger partial charge in [0.15, 0.2) is 0 Å². The molecule has 0 bridgehead atoms. The third-order valence-corrected chi connectivity index (χ3v) is 13.3. The van der Waals surface area contributed by atoms with Gasteiger partial charge in [-0.15, -0.1) is 0 Å². The average Bonchev–Trinajstić information content (AvgIpc) is 3.09. The van der Waals surface area contributed by atoms with Gasteiger partial charge >= 0.3 is 173 Å². The van der Waals surface area contributed by atoms with Crippen LogP contribution in [0, 0.1) is 0 Å². The van der Waals surface area contributed by atoms with Gasteiger partial charge in [-0.3, -0.25) is 0 Å². The van der Waals surface area contributed by atoms with E-state index in [0.717, 1.165) is 15.8 Å². The number of hydrogen-bond acceptors (Lipinski definition) is 4. The van der Waals surface area contributed by atoms with Gasteiger partial charge in [-0.25, -0.2) is 0 Å². The molecular weight excluding hydrogens is 503 g/mol. The van der Waals surface area contributed by atoms with Gasteiger partial charge in [0.2, 0.25) is 0 Å². The van der Waals surface area contributed by atoms with Gasteiger partial charge in [0, 0.05) is 0 Å². The van der Waals surface area contributed by atoms with Crippen LogP contribution in [0.25, 0.3) is 0 Å². The summed E-state index contributed by atoms with van der Waals surface area (Å²) in [4.78, 5) is 12.3. The van der Waals surface area contributed by atoms with Gasteiger partial charge in [0.05, 0.1) is 0 Å². The number of rotatable bonds is 8. The molecule has 1 heterocycles. The summed E-state index contributed by atoms with van der Waals surface area (Å²) in [5.74, 6) is 1.17. The van der Waals surface area contributed by atoms with E-state index in [1.807, 2.05) is 43.3 Å². The average molecular weight is 529 g/mol. The normalized spacial score (nSPS) is 19.7. The van der Waals surface area contributed by atoms with Crippen molar-refractivity contribution in [2.24, 2.45) is 0 Å². The number of methoxy groups -OCH3 is 1. The fourth-order valence-electron chi connectivity index (χ4n) is 2.82. The molecule has 2 rings (SSSR count). The summed E-state index contributed by atoms with van der Waals surface area (Å²) < 4.78 is 18.0. The van der Waals surface area contributed by atoms with Crippen molar-refractivity contribution in [3.63, 3.8) is 0 Å². The van der Waals surface area contributed by atoms with Crippen LogP contribution in [0.1, 0.15) is 33.1 Å². The molecule has 7 heteroatoms. The number of ether oxygens (including phenoxy) is 3. The zero-order valence-electron chi connectivity index (χ0n) is 15.9. The molecule has 150 valence electrons. The van der Waals surface area contributed by atoms with Crippen molar-refractivity contribution >= 4 is 43.4 Å². The van der Waals surface area contributed by atoms with Crippen LogP contribution in [0.3, 0.4) is 0 Å². The Kier molecular flexibility index (Phi) is 8.82. The van der Waals surface area contributed by atoms with Crippen molar-refractivity contribution in [1.29, 1.82) is 0 Å². The first-order valence-corrected chi connectivity index (χ1v) is 17.6. The molecule has 0 aromatic heterocycles. The van der Waals surface area contributed by atoms with E-state index in [4.69, 9.17) is 32.1 Å². The first kappa shape index (κ1) is 22.4. The molecule has 1 aliphatic rings. The zero-order chi connectivity index (χ0) is 19.9. The number of carbonyl (C=O) groups is 1. The monoisotopic (exact) mass is 530 g/mol. The van der Waals surface area contributed by atoms with E-state index < -0.39 is 15.9 Å². The van der Waals surface area contributed by atoms with Gasteiger partial charge < -0.3 is 0 Å². The molecule has 1 unspecified atom stereocenters. The molecule has 0 radical (unpaired) electrons. The Hall–Kier alpha value is -0.860. The van der Waals surface area contributed by atoms with E-state index in [1.54, 1.807) is 14.0 Å². The predicted molar refractivity (Wildman–Crippen MR) is 112 cm³/mol. The second kappa shape index (κ2) is 10.6. The summed E-state index contributed by atoms with van der Waals surface area (Å²) >= 11 is -3.30. The van der Waals surface area contributed by atoms with Gasteiger partial charge in [0.25, 0.3) is 0 Å². The fraction of sp³-hybridized carbons (Fsp3) is 0.450. The Morgan fingerprint density at radius 1 is 1.33 bits per heavy atom. The van der Waals surface area contributed by atoms with Crippen molar-refractivity contribution < 1.29 is 19.0 Å². The van der Waals surface area contributed by atoms with Crippen LogP contribution >= 0.6 is 17.9 Å². The molecule has 0 spiro atoms. The fourth-order valence-corrected chi connectivity index (χ4v) is 10.2. The van der Waals surface area contributed by atoms with E-state index in [2.05, 4.69) is 0 Å². The molecule has 1 atom stereocenters. The SMILES string of the molecule is C/C=C/C/C(C(=O)OCC)=C1/CCC(C[Te](Cl)(Cl)c2ccc(OC)cc2)O1. The topological polar surface area (TPSA) is 44.8 Å². The Morgan fingerprint density at radius 2 is 2.04 bits per heavy atom. The van der Waals surface area contributed by atoms with Crippen molar-refractivity contribution in [1.82, 2.24) is 0 Å². The van der Waals surface area contributed by atoms with Crippen LogP contribution < -0.4 is 8.35 Å². The minimum atomic E-state index is -3.30. The van der Waals surface area contributed by atoms with Crippen LogP contribution in [0.4, 0.5) is 0 Å². The number of carbonyl (C=O) groups excluding carboxylic acids is 1. The third-order valence-electron chi connectivity index (χ3n) is 4.22. The first-order chi connectivity index (χ1) is 12.9. The number of benzene rings is 1. The van der Waals surface area contributed by atoms with Crippen molar-refractivity contribution in [3.05, 3.63) is 47.7 Å². The second-order valence-electron chi connectivity index (χ2n) is 6.09. The molecule has 0 saturated carbocycles. The summed E-state index contributed by atoms with van der Waals surface area (Å²) in [6, 6.07) is 7.61. The van der Waals surface area contributed by atoms with E-state index in [1.165, 1.54) is 0 Å². The quantitative estimate of drug-likeness (QED) is 0.211. The second-order valence-corrected chi connectivity index (χ2v) is 19.8.